The number of rotatable bonds is 4. The summed E-state index contributed by atoms with van der Waals surface area (Å²) in [5, 5.41) is 5.26. The van der Waals surface area contributed by atoms with Gasteiger partial charge in [-0.1, -0.05) is 22.0 Å². The molecule has 2 heterocycles. The van der Waals surface area contributed by atoms with Crippen LogP contribution in [0, 0.1) is 5.82 Å². The number of aromatic nitrogens is 2. The summed E-state index contributed by atoms with van der Waals surface area (Å²) in [7, 11) is 1.93. The van der Waals surface area contributed by atoms with E-state index in [4.69, 9.17) is 0 Å². The minimum atomic E-state index is -0.283. The van der Waals surface area contributed by atoms with E-state index in [1.54, 1.807) is 29.7 Å². The van der Waals surface area contributed by atoms with Gasteiger partial charge in [-0.3, -0.25) is 0 Å². The van der Waals surface area contributed by atoms with Crippen molar-refractivity contribution in [2.24, 2.45) is 7.05 Å². The molecular weight excluding hydrogens is 353 g/mol. The van der Waals surface area contributed by atoms with Gasteiger partial charge in [-0.05, 0) is 29.6 Å². The van der Waals surface area contributed by atoms with Gasteiger partial charge in [-0.2, -0.15) is 0 Å². The third kappa shape index (κ3) is 3.01. The molecular formula is C15H13BrFN3S. The molecule has 3 aromatic rings. The normalized spacial score (nSPS) is 12.3. The van der Waals surface area contributed by atoms with Crippen LogP contribution in [0.25, 0.3) is 0 Å². The highest BCUT2D eigenvalue weighted by Crippen LogP contribution is 2.30. The fourth-order valence-corrected chi connectivity index (χ4v) is 3.27. The van der Waals surface area contributed by atoms with Gasteiger partial charge in [-0.25, -0.2) is 9.37 Å². The first-order valence-corrected chi connectivity index (χ1v) is 8.04. The van der Waals surface area contributed by atoms with Crippen molar-refractivity contribution in [3.63, 3.8) is 0 Å². The first-order valence-electron chi connectivity index (χ1n) is 6.37. The average Bonchev–Trinajstić information content (AvgIpc) is 3.11. The number of thiophene rings is 1. The minimum absolute atomic E-state index is 0.186. The molecule has 3 rings (SSSR count). The SMILES string of the molecule is Cn1ccnc1C(Nc1cc(Br)ccc1F)c1cccs1. The molecule has 2 aromatic heterocycles. The van der Waals surface area contributed by atoms with Crippen LogP contribution in [0.2, 0.25) is 0 Å². The molecule has 108 valence electrons. The standard InChI is InChI=1S/C15H13BrFN3S/c1-20-7-6-18-15(20)14(13-3-2-8-21-13)19-12-9-10(16)4-5-11(12)17/h2-9,14,19H,1H3. The highest BCUT2D eigenvalue weighted by molar-refractivity contribution is 9.10. The third-order valence-electron chi connectivity index (χ3n) is 3.17. The summed E-state index contributed by atoms with van der Waals surface area (Å²) >= 11 is 4.99. The van der Waals surface area contributed by atoms with E-state index < -0.39 is 0 Å². The molecule has 0 amide bonds. The van der Waals surface area contributed by atoms with E-state index in [0.717, 1.165) is 15.2 Å². The summed E-state index contributed by atoms with van der Waals surface area (Å²) in [6.45, 7) is 0. The molecule has 1 atom stereocenters. The van der Waals surface area contributed by atoms with Gasteiger partial charge in [-0.15, -0.1) is 11.3 Å². The van der Waals surface area contributed by atoms with Gasteiger partial charge in [0, 0.05) is 28.8 Å². The number of anilines is 1. The number of aryl methyl sites for hydroxylation is 1. The van der Waals surface area contributed by atoms with E-state index in [1.165, 1.54) is 6.07 Å². The van der Waals surface area contributed by atoms with Crippen molar-refractivity contribution in [1.29, 1.82) is 0 Å². The fraction of sp³-hybridized carbons (Fsp3) is 0.133. The van der Waals surface area contributed by atoms with Crippen molar-refractivity contribution in [1.82, 2.24) is 9.55 Å². The highest BCUT2D eigenvalue weighted by atomic mass is 79.9. The number of hydrogen-bond acceptors (Lipinski definition) is 3. The largest absolute Gasteiger partial charge is 0.368 e. The number of nitrogens with zero attached hydrogens (tertiary/aromatic N) is 2. The Labute approximate surface area is 134 Å². The quantitative estimate of drug-likeness (QED) is 0.732. The summed E-state index contributed by atoms with van der Waals surface area (Å²) in [4.78, 5) is 5.48. The lowest BCUT2D eigenvalue weighted by Crippen LogP contribution is -2.16. The third-order valence-corrected chi connectivity index (χ3v) is 4.60. The molecule has 0 radical (unpaired) electrons. The molecule has 21 heavy (non-hydrogen) atoms. The zero-order valence-corrected chi connectivity index (χ0v) is 13.7. The lowest BCUT2D eigenvalue weighted by molar-refractivity contribution is 0.626. The Morgan fingerprint density at radius 2 is 2.24 bits per heavy atom. The van der Waals surface area contributed by atoms with Crippen LogP contribution in [0.3, 0.4) is 0 Å². The van der Waals surface area contributed by atoms with E-state index in [-0.39, 0.29) is 11.9 Å². The molecule has 0 saturated carbocycles. The predicted octanol–water partition coefficient (Wildman–Crippen LogP) is 4.58. The summed E-state index contributed by atoms with van der Waals surface area (Å²) in [5.74, 6) is 0.561. The van der Waals surface area contributed by atoms with Crippen LogP contribution in [0.1, 0.15) is 16.7 Å². The molecule has 1 unspecified atom stereocenters. The highest BCUT2D eigenvalue weighted by Gasteiger charge is 2.20. The maximum Gasteiger partial charge on any atom is 0.146 e. The second-order valence-corrected chi connectivity index (χ2v) is 6.51. The zero-order chi connectivity index (χ0) is 14.8. The van der Waals surface area contributed by atoms with Crippen molar-refractivity contribution >= 4 is 33.0 Å². The van der Waals surface area contributed by atoms with Crippen LogP contribution in [-0.2, 0) is 7.05 Å². The topological polar surface area (TPSA) is 29.9 Å². The predicted molar refractivity (Wildman–Crippen MR) is 87.1 cm³/mol. The Hall–Kier alpha value is -1.66. The molecule has 0 bridgehead atoms. The minimum Gasteiger partial charge on any atom is -0.368 e. The van der Waals surface area contributed by atoms with Gasteiger partial charge < -0.3 is 9.88 Å². The Bertz CT molecular complexity index is 739. The number of nitrogens with one attached hydrogen (secondary N) is 1. The Morgan fingerprint density at radius 1 is 1.38 bits per heavy atom. The van der Waals surface area contributed by atoms with Gasteiger partial charge in [0.25, 0.3) is 0 Å². The van der Waals surface area contributed by atoms with Gasteiger partial charge >= 0.3 is 0 Å². The lowest BCUT2D eigenvalue weighted by Gasteiger charge is -2.19. The van der Waals surface area contributed by atoms with Crippen molar-refractivity contribution in [3.8, 4) is 0 Å². The summed E-state index contributed by atoms with van der Waals surface area (Å²) < 4.78 is 16.8. The molecule has 0 aliphatic heterocycles. The number of hydrogen-bond donors (Lipinski definition) is 1. The molecule has 1 N–H and O–H groups in total. The van der Waals surface area contributed by atoms with Crippen LogP contribution in [-0.4, -0.2) is 9.55 Å². The van der Waals surface area contributed by atoms with Gasteiger partial charge in [0.2, 0.25) is 0 Å². The van der Waals surface area contributed by atoms with Crippen LogP contribution in [0.4, 0.5) is 10.1 Å². The van der Waals surface area contributed by atoms with Crippen LogP contribution in [0.5, 0.6) is 0 Å². The van der Waals surface area contributed by atoms with E-state index in [9.17, 15) is 4.39 Å². The maximum absolute atomic E-state index is 14.0. The summed E-state index contributed by atoms with van der Waals surface area (Å²) in [6, 6.07) is 8.67. The second-order valence-electron chi connectivity index (χ2n) is 4.61. The van der Waals surface area contributed by atoms with E-state index in [0.29, 0.717) is 5.69 Å². The van der Waals surface area contributed by atoms with Crippen molar-refractivity contribution < 1.29 is 4.39 Å². The Kier molecular flexibility index (Phi) is 4.07. The second kappa shape index (κ2) is 5.99. The van der Waals surface area contributed by atoms with Gasteiger partial charge in [0.15, 0.2) is 0 Å². The van der Waals surface area contributed by atoms with E-state index >= 15 is 0 Å². The van der Waals surface area contributed by atoms with E-state index in [1.807, 2.05) is 35.3 Å². The fourth-order valence-electron chi connectivity index (χ4n) is 2.14. The molecule has 6 heteroatoms. The van der Waals surface area contributed by atoms with Crippen LogP contribution in [0.15, 0.2) is 52.6 Å². The first-order chi connectivity index (χ1) is 10.1. The van der Waals surface area contributed by atoms with Crippen LogP contribution >= 0.6 is 27.3 Å². The molecule has 1 aromatic carbocycles. The summed E-state index contributed by atoms with van der Waals surface area (Å²) in [6.07, 6.45) is 3.63. The van der Waals surface area contributed by atoms with Gasteiger partial charge in [0.05, 0.1) is 5.69 Å². The molecule has 3 nitrogen and oxygen atoms in total. The molecule has 0 aliphatic carbocycles. The van der Waals surface area contributed by atoms with Gasteiger partial charge in [0.1, 0.15) is 17.7 Å². The smallest absolute Gasteiger partial charge is 0.146 e. The molecule has 0 saturated heterocycles. The van der Waals surface area contributed by atoms with Crippen molar-refractivity contribution in [2.45, 2.75) is 6.04 Å². The Morgan fingerprint density at radius 3 is 2.90 bits per heavy atom. The molecule has 0 aliphatic rings. The summed E-state index contributed by atoms with van der Waals surface area (Å²) in [5.41, 5.74) is 0.450. The van der Waals surface area contributed by atoms with Crippen molar-refractivity contribution in [3.05, 3.63) is 69.1 Å². The monoisotopic (exact) mass is 365 g/mol. The average molecular weight is 366 g/mol. The first kappa shape index (κ1) is 14.3. The molecule has 0 fully saturated rings. The maximum atomic E-state index is 14.0. The number of benzene rings is 1. The lowest BCUT2D eigenvalue weighted by atomic mass is 10.2. The Balaban J connectivity index is 2.01. The van der Waals surface area contributed by atoms with Crippen LogP contribution < -0.4 is 5.32 Å². The number of imidazole rings is 1. The van der Waals surface area contributed by atoms with E-state index in [2.05, 4.69) is 26.2 Å². The zero-order valence-electron chi connectivity index (χ0n) is 11.3. The number of halogens is 2. The van der Waals surface area contributed by atoms with Crippen molar-refractivity contribution in [2.75, 3.05) is 5.32 Å². The molecule has 0 spiro atoms.